The highest BCUT2D eigenvalue weighted by Crippen LogP contribution is 2.30. The molecule has 0 saturated carbocycles. The van der Waals surface area contributed by atoms with Crippen LogP contribution in [0.1, 0.15) is 48.5 Å². The van der Waals surface area contributed by atoms with E-state index in [4.69, 9.17) is 9.47 Å². The van der Waals surface area contributed by atoms with Gasteiger partial charge in [0.1, 0.15) is 5.54 Å². The summed E-state index contributed by atoms with van der Waals surface area (Å²) in [6, 6.07) is 7.69. The van der Waals surface area contributed by atoms with Gasteiger partial charge >= 0.3 is 11.9 Å². The molecule has 0 aromatic heterocycles. The quantitative estimate of drug-likeness (QED) is 0.816. The molecule has 0 unspecified atom stereocenters. The molecule has 5 nitrogen and oxygen atoms in total. The molecule has 1 fully saturated rings. The standard InChI is InChI=1S/C18H25NO4/c1-4-15-10-12-18(19-15,17(21)23-3)11-9-13-5-7-14(8-6-13)16(20)22-2/h5-8,15,19H,4,9-12H2,1-3H3/t15-,18+/m0/s1. The van der Waals surface area contributed by atoms with Crippen molar-refractivity contribution in [2.75, 3.05) is 14.2 Å². The summed E-state index contributed by atoms with van der Waals surface area (Å²) in [7, 11) is 2.81. The van der Waals surface area contributed by atoms with Gasteiger partial charge < -0.3 is 9.47 Å². The molecular formula is C18H25NO4. The second-order valence-electron chi connectivity index (χ2n) is 6.05. The van der Waals surface area contributed by atoms with E-state index < -0.39 is 5.54 Å². The van der Waals surface area contributed by atoms with Crippen LogP contribution in [0.3, 0.4) is 0 Å². The maximum Gasteiger partial charge on any atom is 0.337 e. The lowest BCUT2D eigenvalue weighted by atomic mass is 9.89. The number of carbonyl (C=O) groups excluding carboxylic acids is 2. The zero-order valence-corrected chi connectivity index (χ0v) is 14.1. The van der Waals surface area contributed by atoms with Crippen molar-refractivity contribution >= 4 is 11.9 Å². The van der Waals surface area contributed by atoms with Crippen molar-refractivity contribution in [3.63, 3.8) is 0 Å². The summed E-state index contributed by atoms with van der Waals surface area (Å²) in [5.74, 6) is -0.523. The Balaban J connectivity index is 2.04. The molecule has 1 saturated heterocycles. The lowest BCUT2D eigenvalue weighted by Crippen LogP contribution is -2.50. The summed E-state index contributed by atoms with van der Waals surface area (Å²) in [6.07, 6.45) is 4.24. The average molecular weight is 319 g/mol. The van der Waals surface area contributed by atoms with Crippen LogP contribution in [0.25, 0.3) is 0 Å². The van der Waals surface area contributed by atoms with Crippen molar-refractivity contribution < 1.29 is 19.1 Å². The van der Waals surface area contributed by atoms with Gasteiger partial charge in [-0.25, -0.2) is 4.79 Å². The third-order valence-electron chi connectivity index (χ3n) is 4.68. The number of carbonyl (C=O) groups is 2. The molecule has 126 valence electrons. The molecular weight excluding hydrogens is 294 g/mol. The van der Waals surface area contributed by atoms with Gasteiger partial charge in [-0.05, 0) is 49.8 Å². The Morgan fingerprint density at radius 2 is 1.91 bits per heavy atom. The summed E-state index contributed by atoms with van der Waals surface area (Å²) in [5.41, 5.74) is 1.03. The lowest BCUT2D eigenvalue weighted by Gasteiger charge is -2.27. The Kier molecular flexibility index (Phi) is 5.77. The van der Waals surface area contributed by atoms with Crippen molar-refractivity contribution in [2.45, 2.75) is 50.6 Å². The summed E-state index contributed by atoms with van der Waals surface area (Å²) in [6.45, 7) is 2.12. The monoisotopic (exact) mass is 319 g/mol. The smallest absolute Gasteiger partial charge is 0.337 e. The summed E-state index contributed by atoms with van der Waals surface area (Å²) < 4.78 is 9.71. The van der Waals surface area contributed by atoms with Crippen LogP contribution in [0.15, 0.2) is 24.3 Å². The van der Waals surface area contributed by atoms with Gasteiger partial charge in [-0.2, -0.15) is 0 Å². The normalized spacial score (nSPS) is 23.5. The summed E-state index contributed by atoms with van der Waals surface area (Å²) >= 11 is 0. The molecule has 0 amide bonds. The van der Waals surface area contributed by atoms with E-state index in [1.165, 1.54) is 14.2 Å². The fourth-order valence-electron chi connectivity index (χ4n) is 3.20. The van der Waals surface area contributed by atoms with E-state index in [2.05, 4.69) is 12.2 Å². The number of hydrogen-bond acceptors (Lipinski definition) is 5. The zero-order chi connectivity index (χ0) is 16.9. The van der Waals surface area contributed by atoms with Crippen LogP contribution in [-0.4, -0.2) is 37.7 Å². The second-order valence-corrected chi connectivity index (χ2v) is 6.05. The number of benzene rings is 1. The number of hydrogen-bond donors (Lipinski definition) is 1. The van der Waals surface area contributed by atoms with Gasteiger partial charge in [0.2, 0.25) is 0 Å². The first kappa shape index (κ1) is 17.5. The third kappa shape index (κ3) is 3.91. The van der Waals surface area contributed by atoms with Gasteiger partial charge in [0.05, 0.1) is 19.8 Å². The van der Waals surface area contributed by atoms with Crippen LogP contribution < -0.4 is 5.32 Å². The number of nitrogens with one attached hydrogen (secondary N) is 1. The van der Waals surface area contributed by atoms with E-state index in [0.717, 1.165) is 31.2 Å². The molecule has 0 radical (unpaired) electrons. The third-order valence-corrected chi connectivity index (χ3v) is 4.68. The van der Waals surface area contributed by atoms with Gasteiger partial charge in [-0.3, -0.25) is 10.1 Å². The van der Waals surface area contributed by atoms with Crippen molar-refractivity contribution in [3.05, 3.63) is 35.4 Å². The Morgan fingerprint density at radius 1 is 1.22 bits per heavy atom. The van der Waals surface area contributed by atoms with E-state index in [-0.39, 0.29) is 11.9 Å². The highest BCUT2D eigenvalue weighted by atomic mass is 16.5. The van der Waals surface area contributed by atoms with Crippen LogP contribution in [0.4, 0.5) is 0 Å². The minimum atomic E-state index is -0.587. The molecule has 1 aromatic rings. The maximum absolute atomic E-state index is 12.3. The molecule has 0 aliphatic carbocycles. The van der Waals surface area contributed by atoms with E-state index in [9.17, 15) is 9.59 Å². The molecule has 2 atom stereocenters. The molecule has 0 bridgehead atoms. The summed E-state index contributed by atoms with van der Waals surface area (Å²) in [5, 5.41) is 3.47. The number of methoxy groups -OCH3 is 2. The molecule has 1 aliphatic heterocycles. The summed E-state index contributed by atoms with van der Waals surface area (Å²) in [4.78, 5) is 23.7. The van der Waals surface area contributed by atoms with Gasteiger partial charge in [-0.15, -0.1) is 0 Å². The van der Waals surface area contributed by atoms with Crippen molar-refractivity contribution in [3.8, 4) is 0 Å². The van der Waals surface area contributed by atoms with Gasteiger partial charge in [0.15, 0.2) is 0 Å². The van der Waals surface area contributed by atoms with Crippen LogP contribution in [0, 0.1) is 0 Å². The first-order valence-electron chi connectivity index (χ1n) is 8.08. The Bertz CT molecular complexity index is 555. The highest BCUT2D eigenvalue weighted by Gasteiger charge is 2.44. The van der Waals surface area contributed by atoms with E-state index in [1.807, 2.05) is 12.1 Å². The van der Waals surface area contributed by atoms with Crippen molar-refractivity contribution in [1.82, 2.24) is 5.32 Å². The maximum atomic E-state index is 12.3. The Morgan fingerprint density at radius 3 is 2.43 bits per heavy atom. The Hall–Kier alpha value is -1.88. The van der Waals surface area contributed by atoms with Gasteiger partial charge in [-0.1, -0.05) is 19.1 Å². The zero-order valence-electron chi connectivity index (χ0n) is 14.1. The molecule has 1 aliphatic rings. The molecule has 1 aromatic carbocycles. The molecule has 1 N–H and O–H groups in total. The number of rotatable bonds is 6. The van der Waals surface area contributed by atoms with Crippen molar-refractivity contribution in [2.24, 2.45) is 0 Å². The molecule has 1 heterocycles. The van der Waals surface area contributed by atoms with Crippen LogP contribution in [-0.2, 0) is 20.7 Å². The van der Waals surface area contributed by atoms with E-state index in [0.29, 0.717) is 18.0 Å². The largest absolute Gasteiger partial charge is 0.468 e. The van der Waals surface area contributed by atoms with E-state index >= 15 is 0 Å². The van der Waals surface area contributed by atoms with Gasteiger partial charge in [0.25, 0.3) is 0 Å². The lowest BCUT2D eigenvalue weighted by molar-refractivity contribution is -0.148. The van der Waals surface area contributed by atoms with Gasteiger partial charge in [0, 0.05) is 6.04 Å². The molecule has 23 heavy (non-hydrogen) atoms. The SMILES string of the molecule is CC[C@H]1CC[C@](CCc2ccc(C(=O)OC)cc2)(C(=O)OC)N1. The van der Waals surface area contributed by atoms with E-state index in [1.54, 1.807) is 12.1 Å². The second kappa shape index (κ2) is 7.59. The predicted molar refractivity (Wildman–Crippen MR) is 87.3 cm³/mol. The predicted octanol–water partition coefficient (Wildman–Crippen LogP) is 2.48. The van der Waals surface area contributed by atoms with Crippen LogP contribution >= 0.6 is 0 Å². The minimum absolute atomic E-state index is 0.181. The fourth-order valence-corrected chi connectivity index (χ4v) is 3.20. The topological polar surface area (TPSA) is 64.6 Å². The number of esters is 2. The first-order valence-corrected chi connectivity index (χ1v) is 8.08. The Labute approximate surface area is 137 Å². The van der Waals surface area contributed by atoms with Crippen molar-refractivity contribution in [1.29, 1.82) is 0 Å². The number of aryl methyl sites for hydroxylation is 1. The molecule has 0 spiro atoms. The van der Waals surface area contributed by atoms with Crippen LogP contribution in [0.2, 0.25) is 0 Å². The molecule has 2 rings (SSSR count). The highest BCUT2D eigenvalue weighted by molar-refractivity contribution is 5.89. The molecule has 5 heteroatoms. The average Bonchev–Trinajstić information content (AvgIpc) is 3.04. The first-order chi connectivity index (χ1) is 11.0. The fraction of sp³-hybridized carbons (Fsp3) is 0.556. The van der Waals surface area contributed by atoms with Crippen LogP contribution in [0.5, 0.6) is 0 Å². The number of ether oxygens (including phenoxy) is 2. The minimum Gasteiger partial charge on any atom is -0.468 e.